The first-order valence-electron chi connectivity index (χ1n) is 10.4. The molecule has 1 N–H and O–H groups in total. The highest BCUT2D eigenvalue weighted by Crippen LogP contribution is 2.41. The summed E-state index contributed by atoms with van der Waals surface area (Å²) >= 11 is 0. The fourth-order valence-corrected chi connectivity index (χ4v) is 4.19. The number of phenolic OH excluding ortho intramolecular Hbond substituents is 1. The van der Waals surface area contributed by atoms with Crippen LogP contribution < -0.4 is 15.1 Å². The number of carbonyl (C=O) groups excluding carboxylic acids is 1. The molecule has 1 amide bonds. The minimum absolute atomic E-state index is 0.0401. The number of anilines is 1. The third kappa shape index (κ3) is 3.12. The number of rotatable bonds is 4. The maximum absolute atomic E-state index is 13.6. The van der Waals surface area contributed by atoms with Crippen molar-refractivity contribution in [1.29, 1.82) is 0 Å². The lowest BCUT2D eigenvalue weighted by atomic mass is 9.98. The van der Waals surface area contributed by atoms with Crippen LogP contribution in [0.5, 0.6) is 11.5 Å². The number of hydrogen-bond donors (Lipinski definition) is 1. The Hall–Kier alpha value is -4.06. The smallest absolute Gasteiger partial charge is 0.295 e. The summed E-state index contributed by atoms with van der Waals surface area (Å²) in [5, 5.41) is 10.2. The van der Waals surface area contributed by atoms with E-state index in [9.17, 15) is 14.7 Å². The van der Waals surface area contributed by atoms with Crippen molar-refractivity contribution in [3.8, 4) is 11.5 Å². The molecule has 4 aromatic rings. The predicted octanol–water partition coefficient (Wildman–Crippen LogP) is 4.96. The molecule has 5 rings (SSSR count). The highest BCUT2D eigenvalue weighted by molar-refractivity contribution is 6.10. The van der Waals surface area contributed by atoms with Crippen LogP contribution in [0.2, 0.25) is 0 Å². The minimum Gasteiger partial charge on any atom is -0.508 e. The van der Waals surface area contributed by atoms with E-state index >= 15 is 0 Å². The van der Waals surface area contributed by atoms with Gasteiger partial charge in [0.05, 0.1) is 23.6 Å². The van der Waals surface area contributed by atoms with Crippen LogP contribution in [0, 0.1) is 6.92 Å². The van der Waals surface area contributed by atoms with E-state index in [1.54, 1.807) is 65.6 Å². The van der Waals surface area contributed by atoms with E-state index in [0.29, 0.717) is 40.1 Å². The number of aryl methyl sites for hydroxylation is 1. The Kier molecular flexibility index (Phi) is 4.70. The normalized spacial score (nSPS) is 15.2. The Labute approximate surface area is 184 Å². The maximum atomic E-state index is 13.6. The van der Waals surface area contributed by atoms with E-state index in [-0.39, 0.29) is 22.8 Å². The monoisotopic (exact) mass is 427 g/mol. The average molecular weight is 427 g/mol. The maximum Gasteiger partial charge on any atom is 0.295 e. The van der Waals surface area contributed by atoms with Gasteiger partial charge in [-0.2, -0.15) is 0 Å². The molecule has 1 aliphatic heterocycles. The molecule has 1 unspecified atom stereocenters. The van der Waals surface area contributed by atoms with Gasteiger partial charge in [-0.15, -0.1) is 0 Å². The van der Waals surface area contributed by atoms with Gasteiger partial charge in [0, 0.05) is 5.69 Å². The molecule has 0 aliphatic carbocycles. The van der Waals surface area contributed by atoms with Crippen molar-refractivity contribution in [3.63, 3.8) is 0 Å². The lowest BCUT2D eigenvalue weighted by molar-refractivity contribution is 0.0971. The van der Waals surface area contributed by atoms with Crippen molar-refractivity contribution in [2.45, 2.75) is 19.9 Å². The number of carbonyl (C=O) groups is 1. The number of benzene rings is 3. The van der Waals surface area contributed by atoms with E-state index in [1.807, 2.05) is 19.9 Å². The number of aromatic hydroxyl groups is 1. The Morgan fingerprint density at radius 2 is 1.72 bits per heavy atom. The van der Waals surface area contributed by atoms with E-state index in [1.165, 1.54) is 0 Å². The Balaban J connectivity index is 1.75. The van der Waals surface area contributed by atoms with Crippen LogP contribution in [0.15, 0.2) is 75.9 Å². The third-order valence-electron chi connectivity index (χ3n) is 5.66. The summed E-state index contributed by atoms with van der Waals surface area (Å²) in [6.07, 6.45) is 0. The van der Waals surface area contributed by atoms with Crippen LogP contribution in [0.4, 0.5) is 5.69 Å². The molecule has 3 aromatic carbocycles. The van der Waals surface area contributed by atoms with E-state index in [4.69, 9.17) is 9.15 Å². The summed E-state index contributed by atoms with van der Waals surface area (Å²) in [5.74, 6) is 0.448. The highest BCUT2D eigenvalue weighted by atomic mass is 16.5. The minimum atomic E-state index is -0.683. The molecule has 0 saturated carbocycles. The molecule has 160 valence electrons. The van der Waals surface area contributed by atoms with Crippen molar-refractivity contribution in [1.82, 2.24) is 0 Å². The molecule has 0 radical (unpaired) electrons. The fraction of sp³-hybridized carbons (Fsp3) is 0.154. The predicted molar refractivity (Wildman–Crippen MR) is 122 cm³/mol. The molecule has 2 heterocycles. The number of ether oxygens (including phenoxy) is 1. The summed E-state index contributed by atoms with van der Waals surface area (Å²) in [6.45, 7) is 4.34. The van der Waals surface area contributed by atoms with Gasteiger partial charge in [0.15, 0.2) is 5.43 Å². The molecule has 0 fully saturated rings. The molecule has 1 atom stereocenters. The van der Waals surface area contributed by atoms with Gasteiger partial charge in [0.1, 0.15) is 17.1 Å². The van der Waals surface area contributed by atoms with Gasteiger partial charge in [0.25, 0.3) is 5.91 Å². The molecule has 32 heavy (non-hydrogen) atoms. The van der Waals surface area contributed by atoms with Crippen molar-refractivity contribution < 1.29 is 19.1 Å². The van der Waals surface area contributed by atoms with Crippen LogP contribution in [-0.2, 0) is 0 Å². The Morgan fingerprint density at radius 3 is 2.41 bits per heavy atom. The first-order valence-corrected chi connectivity index (χ1v) is 10.4. The van der Waals surface area contributed by atoms with Gasteiger partial charge in [-0.3, -0.25) is 14.5 Å². The molecule has 0 spiro atoms. The quantitative estimate of drug-likeness (QED) is 0.498. The molecule has 0 saturated heterocycles. The van der Waals surface area contributed by atoms with Gasteiger partial charge >= 0.3 is 0 Å². The molecule has 1 aliphatic rings. The molecule has 6 heteroatoms. The zero-order valence-electron chi connectivity index (χ0n) is 17.7. The number of nitrogens with zero attached hydrogens (tertiary/aromatic N) is 1. The molecule has 0 bridgehead atoms. The van der Waals surface area contributed by atoms with Gasteiger partial charge in [-0.1, -0.05) is 23.8 Å². The van der Waals surface area contributed by atoms with Crippen LogP contribution in [-0.4, -0.2) is 17.6 Å². The Morgan fingerprint density at radius 1 is 1.00 bits per heavy atom. The number of fused-ring (bicyclic) bond motifs is 2. The second-order valence-electron chi connectivity index (χ2n) is 7.77. The zero-order valence-corrected chi connectivity index (χ0v) is 17.7. The van der Waals surface area contributed by atoms with Crippen LogP contribution in [0.1, 0.15) is 40.2 Å². The summed E-state index contributed by atoms with van der Waals surface area (Å²) in [7, 11) is 0. The summed E-state index contributed by atoms with van der Waals surface area (Å²) in [4.78, 5) is 28.7. The lowest BCUT2D eigenvalue weighted by Gasteiger charge is -2.25. The van der Waals surface area contributed by atoms with E-state index < -0.39 is 6.04 Å². The highest BCUT2D eigenvalue weighted by Gasteiger charge is 2.43. The largest absolute Gasteiger partial charge is 0.508 e. The third-order valence-corrected chi connectivity index (χ3v) is 5.66. The molecular weight excluding hydrogens is 406 g/mol. The van der Waals surface area contributed by atoms with Gasteiger partial charge in [-0.25, -0.2) is 0 Å². The summed E-state index contributed by atoms with van der Waals surface area (Å²) in [6, 6.07) is 18.3. The van der Waals surface area contributed by atoms with Crippen molar-refractivity contribution in [3.05, 3.63) is 99.4 Å². The SMILES string of the molecule is CCOc1ccc(N2C(=O)c3oc4ccc(C)cc4c(=O)c3C2c2ccc(O)cc2)cc1. The van der Waals surface area contributed by atoms with Gasteiger partial charge in [-0.05, 0) is 67.9 Å². The number of amides is 1. The van der Waals surface area contributed by atoms with Gasteiger partial charge in [0.2, 0.25) is 5.76 Å². The van der Waals surface area contributed by atoms with E-state index in [0.717, 1.165) is 5.56 Å². The summed E-state index contributed by atoms with van der Waals surface area (Å²) in [5.41, 5.74) is 2.69. The topological polar surface area (TPSA) is 80.0 Å². The van der Waals surface area contributed by atoms with Crippen molar-refractivity contribution in [2.75, 3.05) is 11.5 Å². The summed E-state index contributed by atoms with van der Waals surface area (Å²) < 4.78 is 11.5. The molecule has 1 aromatic heterocycles. The number of phenols is 1. The second kappa shape index (κ2) is 7.57. The lowest BCUT2D eigenvalue weighted by Crippen LogP contribution is -2.29. The van der Waals surface area contributed by atoms with Crippen molar-refractivity contribution >= 4 is 22.6 Å². The molecular formula is C26H21NO5. The second-order valence-corrected chi connectivity index (χ2v) is 7.77. The first-order chi connectivity index (χ1) is 15.5. The average Bonchev–Trinajstić information content (AvgIpc) is 3.08. The zero-order chi connectivity index (χ0) is 22.4. The molecule has 6 nitrogen and oxygen atoms in total. The fourth-order valence-electron chi connectivity index (χ4n) is 4.19. The Bertz CT molecular complexity index is 1390. The van der Waals surface area contributed by atoms with Crippen LogP contribution in [0.3, 0.4) is 0 Å². The van der Waals surface area contributed by atoms with Gasteiger partial charge < -0.3 is 14.3 Å². The standard InChI is InChI=1S/C26H21NO5/c1-3-31-19-11-7-17(8-12-19)27-23(16-5-9-18(28)10-6-16)22-24(29)20-14-15(2)4-13-21(20)32-25(22)26(27)30/h4-14,23,28H,3H2,1-2H3. The van der Waals surface area contributed by atoms with Crippen molar-refractivity contribution in [2.24, 2.45) is 0 Å². The van der Waals surface area contributed by atoms with Crippen LogP contribution in [0.25, 0.3) is 11.0 Å². The number of hydrogen-bond acceptors (Lipinski definition) is 5. The van der Waals surface area contributed by atoms with Crippen LogP contribution >= 0.6 is 0 Å². The van der Waals surface area contributed by atoms with E-state index in [2.05, 4.69) is 0 Å². The first kappa shape index (κ1) is 19.9.